The minimum atomic E-state index is -3.49. The smallest absolute Gasteiger partial charge is 0.267 e. The molecular formula is C13H15N3O3S3. The molecule has 2 aromatic rings. The molecule has 3 heterocycles. The van der Waals surface area contributed by atoms with Crippen LogP contribution < -0.4 is 5.32 Å². The molecule has 3 rings (SSSR count). The molecule has 9 heteroatoms. The van der Waals surface area contributed by atoms with E-state index in [1.54, 1.807) is 18.5 Å². The first-order valence-electron chi connectivity index (χ1n) is 6.80. The average molecular weight is 357 g/mol. The summed E-state index contributed by atoms with van der Waals surface area (Å²) in [5.41, 5.74) is 0. The molecule has 0 radical (unpaired) electrons. The van der Waals surface area contributed by atoms with Crippen molar-refractivity contribution < 1.29 is 13.2 Å². The molecule has 0 aliphatic carbocycles. The molecule has 0 unspecified atom stereocenters. The van der Waals surface area contributed by atoms with Crippen LogP contribution in [0.25, 0.3) is 0 Å². The van der Waals surface area contributed by atoms with Gasteiger partial charge in [-0.15, -0.1) is 22.7 Å². The first kappa shape index (κ1) is 15.6. The largest absolute Gasteiger partial charge is 0.297 e. The van der Waals surface area contributed by atoms with E-state index in [2.05, 4.69) is 10.3 Å². The number of carbonyl (C=O) groups is 1. The van der Waals surface area contributed by atoms with Crippen LogP contribution in [0.5, 0.6) is 0 Å². The van der Waals surface area contributed by atoms with Gasteiger partial charge in [0.05, 0.1) is 9.77 Å². The summed E-state index contributed by atoms with van der Waals surface area (Å²) in [6.45, 7) is 2.84. The van der Waals surface area contributed by atoms with Crippen LogP contribution in [-0.4, -0.2) is 36.7 Å². The summed E-state index contributed by atoms with van der Waals surface area (Å²) in [5.74, 6) is -0.328. The summed E-state index contributed by atoms with van der Waals surface area (Å²) in [6.07, 6.45) is 3.38. The normalized spacial score (nSPS) is 16.0. The number of anilines is 1. The lowest BCUT2D eigenvalue weighted by atomic mass is 10.4. The van der Waals surface area contributed by atoms with E-state index in [0.29, 0.717) is 28.0 Å². The molecule has 1 aliphatic rings. The van der Waals surface area contributed by atoms with E-state index in [-0.39, 0.29) is 10.8 Å². The molecule has 0 aromatic carbocycles. The molecule has 0 saturated carbocycles. The fourth-order valence-electron chi connectivity index (χ4n) is 2.34. The summed E-state index contributed by atoms with van der Waals surface area (Å²) in [6, 6.07) is 1.47. The lowest BCUT2D eigenvalue weighted by molar-refractivity contribution is 0.103. The number of thiophene rings is 1. The number of hydrogen-bond donors (Lipinski definition) is 1. The Kier molecular flexibility index (Phi) is 4.31. The second-order valence-corrected chi connectivity index (χ2v) is 8.99. The molecule has 1 amide bonds. The van der Waals surface area contributed by atoms with Gasteiger partial charge in [0, 0.05) is 29.5 Å². The third kappa shape index (κ3) is 2.94. The number of nitrogens with zero attached hydrogens (tertiary/aromatic N) is 2. The van der Waals surface area contributed by atoms with Crippen LogP contribution >= 0.6 is 22.7 Å². The third-order valence-electron chi connectivity index (χ3n) is 3.43. The van der Waals surface area contributed by atoms with Gasteiger partial charge >= 0.3 is 0 Å². The Morgan fingerprint density at radius 3 is 2.73 bits per heavy atom. The predicted octanol–water partition coefficient (Wildman–Crippen LogP) is 2.55. The third-order valence-corrected chi connectivity index (χ3v) is 7.32. The van der Waals surface area contributed by atoms with Crippen molar-refractivity contribution in [1.82, 2.24) is 9.29 Å². The molecule has 1 fully saturated rings. The summed E-state index contributed by atoms with van der Waals surface area (Å²) >= 11 is 2.51. The molecule has 0 atom stereocenters. The molecule has 6 nitrogen and oxygen atoms in total. The number of thiazole rings is 1. The molecule has 0 bridgehead atoms. The van der Waals surface area contributed by atoms with Crippen LogP contribution in [0.1, 0.15) is 27.4 Å². The molecule has 1 N–H and O–H groups in total. The summed E-state index contributed by atoms with van der Waals surface area (Å²) < 4.78 is 26.7. The minimum Gasteiger partial charge on any atom is -0.297 e. The van der Waals surface area contributed by atoms with Gasteiger partial charge in [-0.2, -0.15) is 4.31 Å². The second kappa shape index (κ2) is 6.07. The number of sulfonamides is 1. The van der Waals surface area contributed by atoms with Crippen molar-refractivity contribution in [2.75, 3.05) is 18.4 Å². The van der Waals surface area contributed by atoms with E-state index in [9.17, 15) is 13.2 Å². The number of aryl methyl sites for hydroxylation is 1. The van der Waals surface area contributed by atoms with Gasteiger partial charge in [0.2, 0.25) is 10.0 Å². The SMILES string of the molecule is Cc1sc(C(=O)Nc2nccs2)cc1S(=O)(=O)N1CCCC1. The maximum Gasteiger partial charge on any atom is 0.267 e. The van der Waals surface area contributed by atoms with E-state index in [1.807, 2.05) is 0 Å². The van der Waals surface area contributed by atoms with Gasteiger partial charge in [0.1, 0.15) is 0 Å². The lowest BCUT2D eigenvalue weighted by Gasteiger charge is -2.14. The number of amides is 1. The van der Waals surface area contributed by atoms with E-state index in [0.717, 1.165) is 12.8 Å². The van der Waals surface area contributed by atoms with Crippen LogP contribution in [0.4, 0.5) is 5.13 Å². The Labute approximate surface area is 136 Å². The first-order valence-corrected chi connectivity index (χ1v) is 9.93. The molecule has 0 spiro atoms. The van der Waals surface area contributed by atoms with Crippen LogP contribution in [0, 0.1) is 6.92 Å². The van der Waals surface area contributed by atoms with Crippen molar-refractivity contribution in [3.63, 3.8) is 0 Å². The molecule has 118 valence electrons. The minimum absolute atomic E-state index is 0.240. The zero-order valence-electron chi connectivity index (χ0n) is 11.9. The maximum absolute atomic E-state index is 12.6. The van der Waals surface area contributed by atoms with Crippen molar-refractivity contribution in [1.29, 1.82) is 0 Å². The molecular weight excluding hydrogens is 342 g/mol. The first-order chi connectivity index (χ1) is 10.5. The van der Waals surface area contributed by atoms with Crippen LogP contribution in [0.2, 0.25) is 0 Å². The summed E-state index contributed by atoms with van der Waals surface area (Å²) in [5, 5.41) is 4.93. The van der Waals surface area contributed by atoms with Crippen LogP contribution in [0.15, 0.2) is 22.5 Å². The van der Waals surface area contributed by atoms with Crippen molar-refractivity contribution in [3.8, 4) is 0 Å². The average Bonchev–Trinajstić information content (AvgIpc) is 3.19. The predicted molar refractivity (Wildman–Crippen MR) is 87.1 cm³/mol. The number of carbonyl (C=O) groups excluding carboxylic acids is 1. The van der Waals surface area contributed by atoms with E-state index >= 15 is 0 Å². The van der Waals surface area contributed by atoms with Gasteiger partial charge in [-0.25, -0.2) is 13.4 Å². The molecule has 22 heavy (non-hydrogen) atoms. The highest BCUT2D eigenvalue weighted by molar-refractivity contribution is 7.89. The van der Waals surface area contributed by atoms with Gasteiger partial charge < -0.3 is 0 Å². The zero-order chi connectivity index (χ0) is 15.7. The Balaban J connectivity index is 1.86. The van der Waals surface area contributed by atoms with Crippen LogP contribution in [-0.2, 0) is 10.0 Å². The van der Waals surface area contributed by atoms with Crippen molar-refractivity contribution in [2.24, 2.45) is 0 Å². The van der Waals surface area contributed by atoms with Crippen molar-refractivity contribution in [3.05, 3.63) is 27.4 Å². The van der Waals surface area contributed by atoms with Gasteiger partial charge in [-0.3, -0.25) is 10.1 Å². The lowest BCUT2D eigenvalue weighted by Crippen LogP contribution is -2.28. The number of rotatable bonds is 4. The monoisotopic (exact) mass is 357 g/mol. The summed E-state index contributed by atoms with van der Waals surface area (Å²) in [4.78, 5) is 17.4. The highest BCUT2D eigenvalue weighted by Gasteiger charge is 2.30. The number of nitrogens with one attached hydrogen (secondary N) is 1. The molecule has 1 saturated heterocycles. The van der Waals surface area contributed by atoms with E-state index < -0.39 is 10.0 Å². The van der Waals surface area contributed by atoms with Crippen LogP contribution in [0.3, 0.4) is 0 Å². The number of aromatic nitrogens is 1. The molecule has 1 aliphatic heterocycles. The van der Waals surface area contributed by atoms with Gasteiger partial charge in [-0.1, -0.05) is 0 Å². The number of hydrogen-bond acceptors (Lipinski definition) is 6. The van der Waals surface area contributed by atoms with Crippen molar-refractivity contribution >= 4 is 43.7 Å². The highest BCUT2D eigenvalue weighted by Crippen LogP contribution is 2.30. The Morgan fingerprint density at radius 1 is 1.36 bits per heavy atom. The highest BCUT2D eigenvalue weighted by atomic mass is 32.2. The fourth-order valence-corrected chi connectivity index (χ4v) is 5.84. The summed E-state index contributed by atoms with van der Waals surface area (Å²) in [7, 11) is -3.49. The van der Waals surface area contributed by atoms with Gasteiger partial charge in [-0.05, 0) is 25.8 Å². The second-order valence-electron chi connectivity index (χ2n) is 4.93. The Hall–Kier alpha value is -1.29. The van der Waals surface area contributed by atoms with Gasteiger partial charge in [0.25, 0.3) is 5.91 Å². The zero-order valence-corrected chi connectivity index (χ0v) is 14.4. The van der Waals surface area contributed by atoms with Crippen molar-refractivity contribution in [2.45, 2.75) is 24.7 Å². The van der Waals surface area contributed by atoms with E-state index in [1.165, 1.54) is 33.0 Å². The van der Waals surface area contributed by atoms with Gasteiger partial charge in [0.15, 0.2) is 5.13 Å². The quantitative estimate of drug-likeness (QED) is 0.912. The fraction of sp³-hybridized carbons (Fsp3) is 0.385. The topological polar surface area (TPSA) is 79.4 Å². The maximum atomic E-state index is 12.6. The standard InChI is InChI=1S/C13H15N3O3S3/c1-9-11(22(18,19)16-5-2-3-6-16)8-10(21-9)12(17)15-13-14-4-7-20-13/h4,7-8H,2-3,5-6H2,1H3,(H,14,15,17). The molecule has 2 aromatic heterocycles. The Morgan fingerprint density at radius 2 is 2.09 bits per heavy atom. The Bertz CT molecular complexity index is 775. The van der Waals surface area contributed by atoms with E-state index in [4.69, 9.17) is 0 Å².